The maximum absolute atomic E-state index is 13.0. The van der Waals surface area contributed by atoms with E-state index < -0.39 is 0 Å². The molecule has 10 nitrogen and oxygen atoms in total. The standard InChI is InChI=1S/C22H20N6O4/c1-14-15(13-23-21(24-14)26-22-25-16-5-2-3-6-17(16)32-22)19(29)27-8-10-28(11-9-27)20(30)18-7-4-12-31-18/h2-7,12-13H,8-11H2,1H3,(H,23,24,25,26). The van der Waals surface area contributed by atoms with E-state index in [1.165, 1.54) is 12.5 Å². The molecule has 4 heterocycles. The molecular weight excluding hydrogens is 412 g/mol. The number of rotatable bonds is 4. The van der Waals surface area contributed by atoms with Crippen molar-refractivity contribution in [1.29, 1.82) is 0 Å². The molecule has 1 aliphatic rings. The first-order chi connectivity index (χ1) is 15.6. The summed E-state index contributed by atoms with van der Waals surface area (Å²) in [6, 6.07) is 11.0. The Kier molecular flexibility index (Phi) is 5.02. The van der Waals surface area contributed by atoms with Crippen LogP contribution in [-0.2, 0) is 0 Å². The second-order valence-electron chi connectivity index (χ2n) is 7.37. The summed E-state index contributed by atoms with van der Waals surface area (Å²) >= 11 is 0. The highest BCUT2D eigenvalue weighted by Crippen LogP contribution is 2.21. The largest absolute Gasteiger partial charge is 0.459 e. The highest BCUT2D eigenvalue weighted by Gasteiger charge is 2.27. The summed E-state index contributed by atoms with van der Waals surface area (Å²) in [6.07, 6.45) is 2.97. The van der Waals surface area contributed by atoms with Gasteiger partial charge >= 0.3 is 6.01 Å². The Morgan fingerprint density at radius 1 is 0.969 bits per heavy atom. The predicted molar refractivity (Wildman–Crippen MR) is 115 cm³/mol. The molecule has 1 aliphatic heterocycles. The van der Waals surface area contributed by atoms with Crippen molar-refractivity contribution in [2.75, 3.05) is 31.5 Å². The number of hydrogen-bond donors (Lipinski definition) is 1. The van der Waals surface area contributed by atoms with E-state index >= 15 is 0 Å². The number of furan rings is 1. The number of para-hydroxylation sites is 2. The van der Waals surface area contributed by atoms with Crippen molar-refractivity contribution >= 4 is 34.9 Å². The summed E-state index contributed by atoms with van der Waals surface area (Å²) in [5.41, 5.74) is 2.34. The van der Waals surface area contributed by atoms with E-state index in [4.69, 9.17) is 8.83 Å². The third-order valence-corrected chi connectivity index (χ3v) is 5.31. The lowest BCUT2D eigenvalue weighted by molar-refractivity contribution is 0.0517. The van der Waals surface area contributed by atoms with E-state index in [9.17, 15) is 9.59 Å². The Labute approximate surface area is 182 Å². The summed E-state index contributed by atoms with van der Waals surface area (Å²) in [7, 11) is 0. The van der Waals surface area contributed by atoms with Gasteiger partial charge in [0.15, 0.2) is 11.3 Å². The van der Waals surface area contributed by atoms with Crippen LogP contribution < -0.4 is 5.32 Å². The maximum atomic E-state index is 13.0. The second kappa shape index (κ2) is 8.14. The number of hydrogen-bond acceptors (Lipinski definition) is 8. The molecule has 0 spiro atoms. The number of nitrogens with zero attached hydrogens (tertiary/aromatic N) is 5. The van der Waals surface area contributed by atoms with Crippen molar-refractivity contribution in [2.45, 2.75) is 6.92 Å². The number of anilines is 2. The number of nitrogens with one attached hydrogen (secondary N) is 1. The molecule has 162 valence electrons. The quantitative estimate of drug-likeness (QED) is 0.523. The first kappa shape index (κ1) is 19.7. The van der Waals surface area contributed by atoms with Crippen LogP contribution in [0.5, 0.6) is 0 Å². The number of fused-ring (bicyclic) bond motifs is 1. The number of piperazine rings is 1. The molecule has 10 heteroatoms. The van der Waals surface area contributed by atoms with Crippen molar-refractivity contribution in [3.8, 4) is 0 Å². The minimum atomic E-state index is -0.170. The zero-order valence-electron chi connectivity index (χ0n) is 17.3. The third-order valence-electron chi connectivity index (χ3n) is 5.31. The van der Waals surface area contributed by atoms with Crippen LogP contribution in [0.1, 0.15) is 26.6 Å². The zero-order valence-corrected chi connectivity index (χ0v) is 17.3. The van der Waals surface area contributed by atoms with Gasteiger partial charge in [-0.3, -0.25) is 14.9 Å². The molecule has 5 rings (SSSR count). The molecule has 1 N–H and O–H groups in total. The van der Waals surface area contributed by atoms with Gasteiger partial charge in [0, 0.05) is 32.4 Å². The monoisotopic (exact) mass is 432 g/mol. The minimum absolute atomic E-state index is 0.166. The normalized spacial score (nSPS) is 14.0. The fraction of sp³-hybridized carbons (Fsp3) is 0.227. The van der Waals surface area contributed by atoms with Gasteiger partial charge in [0.25, 0.3) is 11.8 Å². The predicted octanol–water partition coefficient (Wildman–Crippen LogP) is 2.86. The average molecular weight is 432 g/mol. The molecule has 1 fully saturated rings. The van der Waals surface area contributed by atoms with E-state index in [2.05, 4.69) is 20.3 Å². The van der Waals surface area contributed by atoms with Crippen LogP contribution in [0.15, 0.2) is 57.7 Å². The summed E-state index contributed by atoms with van der Waals surface area (Å²) in [4.78, 5) is 41.7. The van der Waals surface area contributed by atoms with Gasteiger partial charge in [-0.15, -0.1) is 0 Å². The first-order valence-corrected chi connectivity index (χ1v) is 10.2. The molecule has 32 heavy (non-hydrogen) atoms. The number of aromatic nitrogens is 3. The molecule has 3 aromatic heterocycles. The first-order valence-electron chi connectivity index (χ1n) is 10.2. The van der Waals surface area contributed by atoms with Gasteiger partial charge in [0.1, 0.15) is 5.52 Å². The topological polar surface area (TPSA) is 118 Å². The van der Waals surface area contributed by atoms with Crippen LogP contribution in [0, 0.1) is 6.92 Å². The average Bonchev–Trinajstić information content (AvgIpc) is 3.48. The second-order valence-corrected chi connectivity index (χ2v) is 7.37. The summed E-state index contributed by atoms with van der Waals surface area (Å²) in [5, 5.41) is 2.93. The highest BCUT2D eigenvalue weighted by atomic mass is 16.4. The molecular formula is C22H20N6O4. The summed E-state index contributed by atoms with van der Waals surface area (Å²) < 4.78 is 10.8. The van der Waals surface area contributed by atoms with E-state index in [0.717, 1.165) is 5.52 Å². The summed E-state index contributed by atoms with van der Waals surface area (Å²) in [6.45, 7) is 3.47. The Morgan fingerprint density at radius 2 is 1.72 bits per heavy atom. The fourth-order valence-corrected chi connectivity index (χ4v) is 3.60. The van der Waals surface area contributed by atoms with Gasteiger partial charge in [-0.25, -0.2) is 9.97 Å². The maximum Gasteiger partial charge on any atom is 0.302 e. The molecule has 2 amide bonds. The van der Waals surface area contributed by atoms with Crippen molar-refractivity contribution in [1.82, 2.24) is 24.8 Å². The number of amides is 2. The van der Waals surface area contributed by atoms with Gasteiger partial charge in [0.2, 0.25) is 5.95 Å². The SMILES string of the molecule is Cc1nc(Nc2nc3ccccc3o2)ncc1C(=O)N1CCN(C(=O)c2ccco2)CC1. The lowest BCUT2D eigenvalue weighted by Gasteiger charge is -2.34. The van der Waals surface area contributed by atoms with Crippen LogP contribution in [0.4, 0.5) is 12.0 Å². The van der Waals surface area contributed by atoms with Gasteiger partial charge in [-0.05, 0) is 31.2 Å². The minimum Gasteiger partial charge on any atom is -0.459 e. The van der Waals surface area contributed by atoms with Gasteiger partial charge < -0.3 is 18.6 Å². The Hall–Kier alpha value is -4.21. The fourth-order valence-electron chi connectivity index (χ4n) is 3.60. The van der Waals surface area contributed by atoms with Gasteiger partial charge in [-0.2, -0.15) is 4.98 Å². The molecule has 0 saturated carbocycles. The third kappa shape index (κ3) is 3.78. The molecule has 4 aromatic rings. The van der Waals surface area contributed by atoms with E-state index in [-0.39, 0.29) is 17.8 Å². The van der Waals surface area contributed by atoms with Gasteiger partial charge in [0.05, 0.1) is 17.5 Å². The van der Waals surface area contributed by atoms with Crippen LogP contribution >= 0.6 is 0 Å². The Bertz CT molecular complexity index is 1240. The smallest absolute Gasteiger partial charge is 0.302 e. The summed E-state index contributed by atoms with van der Waals surface area (Å²) in [5.74, 6) is 0.257. The molecule has 1 saturated heterocycles. The van der Waals surface area contributed by atoms with Crippen LogP contribution in [0.3, 0.4) is 0 Å². The van der Waals surface area contributed by atoms with E-state index in [1.54, 1.807) is 28.9 Å². The Balaban J connectivity index is 1.24. The van der Waals surface area contributed by atoms with E-state index in [0.29, 0.717) is 54.7 Å². The number of carbonyl (C=O) groups excluding carboxylic acids is 2. The number of oxazole rings is 1. The van der Waals surface area contributed by atoms with Crippen molar-refractivity contribution in [3.63, 3.8) is 0 Å². The molecule has 1 aromatic carbocycles. The molecule has 0 radical (unpaired) electrons. The lowest BCUT2D eigenvalue weighted by atomic mass is 10.2. The van der Waals surface area contributed by atoms with Gasteiger partial charge in [-0.1, -0.05) is 12.1 Å². The molecule has 0 aliphatic carbocycles. The molecule has 0 atom stereocenters. The molecule has 0 bridgehead atoms. The lowest BCUT2D eigenvalue weighted by Crippen LogP contribution is -2.50. The number of carbonyl (C=O) groups is 2. The zero-order chi connectivity index (χ0) is 22.1. The van der Waals surface area contributed by atoms with E-state index in [1.807, 2.05) is 24.3 Å². The number of benzene rings is 1. The van der Waals surface area contributed by atoms with Crippen LogP contribution in [0.2, 0.25) is 0 Å². The molecule has 0 unspecified atom stereocenters. The Morgan fingerprint density at radius 3 is 2.41 bits per heavy atom. The van der Waals surface area contributed by atoms with Crippen LogP contribution in [-0.4, -0.2) is 62.7 Å². The van der Waals surface area contributed by atoms with Crippen LogP contribution in [0.25, 0.3) is 11.1 Å². The highest BCUT2D eigenvalue weighted by molar-refractivity contribution is 5.95. The van der Waals surface area contributed by atoms with Crippen molar-refractivity contribution in [2.24, 2.45) is 0 Å². The van der Waals surface area contributed by atoms with Crippen molar-refractivity contribution in [3.05, 3.63) is 65.9 Å². The number of aryl methyl sites for hydroxylation is 1. The van der Waals surface area contributed by atoms with Crippen molar-refractivity contribution < 1.29 is 18.4 Å².